The van der Waals surface area contributed by atoms with E-state index < -0.39 is 6.23 Å². The molecular weight excluding hydrogens is 396 g/mol. The molecule has 0 aliphatic carbocycles. The Balaban J connectivity index is 1.11. The number of benzene rings is 3. The number of carbonyl (C=O) groups is 1. The van der Waals surface area contributed by atoms with E-state index in [4.69, 9.17) is 0 Å². The average Bonchev–Trinajstić information content (AvgIpc) is 2.85. The molecule has 2 aliphatic heterocycles. The molecule has 5 rings (SSSR count). The minimum atomic E-state index is -0.857. The van der Waals surface area contributed by atoms with Gasteiger partial charge in [0, 0.05) is 36.1 Å². The molecule has 3 aromatic rings. The van der Waals surface area contributed by atoms with Gasteiger partial charge in [-0.1, -0.05) is 73.2 Å². The van der Waals surface area contributed by atoms with Crippen LogP contribution in [0.3, 0.4) is 0 Å². The van der Waals surface area contributed by atoms with Gasteiger partial charge >= 0.3 is 0 Å². The number of rotatable bonds is 7. The van der Waals surface area contributed by atoms with E-state index in [0.717, 1.165) is 61.7 Å². The molecule has 1 N–H and O–H groups in total. The summed E-state index contributed by atoms with van der Waals surface area (Å²) in [7, 11) is 0. The lowest BCUT2D eigenvalue weighted by molar-refractivity contribution is 0.00415. The third-order valence-corrected chi connectivity index (χ3v) is 6.81. The van der Waals surface area contributed by atoms with Gasteiger partial charge in [0.25, 0.3) is 5.91 Å². The van der Waals surface area contributed by atoms with E-state index in [1.165, 1.54) is 11.1 Å². The largest absolute Gasteiger partial charge is 0.369 e. The van der Waals surface area contributed by atoms with Crippen LogP contribution in [0.15, 0.2) is 72.8 Å². The predicted molar refractivity (Wildman–Crippen MR) is 129 cm³/mol. The Bertz CT molecular complexity index is 1130. The van der Waals surface area contributed by atoms with Gasteiger partial charge in [0.05, 0.1) is 0 Å². The van der Waals surface area contributed by atoms with Crippen molar-refractivity contribution in [3.05, 3.63) is 89.5 Å². The molecule has 3 aromatic carbocycles. The molecule has 4 nitrogen and oxygen atoms in total. The normalized spacial score (nSPS) is 18.8. The second-order valence-corrected chi connectivity index (χ2v) is 8.83. The number of aliphatic hydroxyl groups is 1. The van der Waals surface area contributed by atoms with Crippen LogP contribution in [-0.2, 0) is 0 Å². The first-order chi connectivity index (χ1) is 15.7. The van der Waals surface area contributed by atoms with Crippen LogP contribution in [0.4, 0.5) is 0 Å². The number of hydrogen-bond donors (Lipinski definition) is 1. The fourth-order valence-corrected chi connectivity index (χ4v) is 5.04. The van der Waals surface area contributed by atoms with Crippen molar-refractivity contribution in [2.24, 2.45) is 0 Å². The zero-order valence-electron chi connectivity index (χ0n) is 18.4. The van der Waals surface area contributed by atoms with Crippen LogP contribution in [0, 0.1) is 0 Å². The summed E-state index contributed by atoms with van der Waals surface area (Å²) in [6, 6.07) is 22.3. The van der Waals surface area contributed by atoms with Crippen molar-refractivity contribution in [1.82, 2.24) is 9.80 Å². The van der Waals surface area contributed by atoms with Gasteiger partial charge < -0.3 is 10.0 Å². The Labute approximate surface area is 189 Å². The summed E-state index contributed by atoms with van der Waals surface area (Å²) in [5, 5.41) is 12.8. The number of amides is 1. The topological polar surface area (TPSA) is 43.8 Å². The molecule has 32 heavy (non-hydrogen) atoms. The lowest BCUT2D eigenvalue weighted by atomic mass is 9.93. The van der Waals surface area contributed by atoms with Gasteiger partial charge in [-0.05, 0) is 48.4 Å². The monoisotopic (exact) mass is 426 g/mol. The van der Waals surface area contributed by atoms with Crippen molar-refractivity contribution in [3.8, 4) is 0 Å². The molecule has 0 bridgehead atoms. The van der Waals surface area contributed by atoms with E-state index in [1.54, 1.807) is 4.90 Å². The van der Waals surface area contributed by atoms with E-state index >= 15 is 0 Å². The number of nitrogens with zero attached hydrogens (tertiary/aromatic N) is 2. The summed E-state index contributed by atoms with van der Waals surface area (Å²) < 4.78 is 0. The third kappa shape index (κ3) is 4.08. The average molecular weight is 427 g/mol. The van der Waals surface area contributed by atoms with Gasteiger partial charge in [-0.2, -0.15) is 0 Å². The van der Waals surface area contributed by atoms with Crippen LogP contribution in [0.1, 0.15) is 53.4 Å². The molecule has 164 valence electrons. The summed E-state index contributed by atoms with van der Waals surface area (Å²) in [6.07, 6.45) is 5.67. The number of carbonyl (C=O) groups excluding carboxylic acids is 1. The SMILES string of the molecule is O=C1c2cccc3cccc(c23)C(O)N1CCCCCN1CC=C(c2ccccc2)CC1. The zero-order valence-corrected chi connectivity index (χ0v) is 18.4. The second kappa shape index (κ2) is 9.27. The molecule has 1 atom stereocenters. The number of hydrogen-bond acceptors (Lipinski definition) is 3. The standard InChI is InChI=1S/C28H30N2O2/c31-27-24-13-7-11-23-12-8-14-25(26(23)24)28(32)30(27)18-6-2-5-17-29-19-15-22(16-20-29)21-9-3-1-4-10-21/h1,3-4,7-15,27,31H,2,5-6,16-20H2. The highest BCUT2D eigenvalue weighted by molar-refractivity contribution is 6.10. The van der Waals surface area contributed by atoms with Gasteiger partial charge in [-0.15, -0.1) is 0 Å². The maximum absolute atomic E-state index is 13.0. The fourth-order valence-electron chi connectivity index (χ4n) is 5.04. The molecule has 2 aliphatic rings. The summed E-state index contributed by atoms with van der Waals surface area (Å²) in [5.74, 6) is -0.0589. The summed E-state index contributed by atoms with van der Waals surface area (Å²) in [6.45, 7) is 3.78. The second-order valence-electron chi connectivity index (χ2n) is 8.83. The van der Waals surface area contributed by atoms with Crippen molar-refractivity contribution >= 4 is 22.3 Å². The highest BCUT2D eigenvalue weighted by Crippen LogP contribution is 2.35. The Kier molecular flexibility index (Phi) is 6.06. The Hall–Kier alpha value is -2.95. The van der Waals surface area contributed by atoms with Crippen LogP contribution in [-0.4, -0.2) is 47.0 Å². The van der Waals surface area contributed by atoms with Crippen LogP contribution in [0.2, 0.25) is 0 Å². The molecule has 0 saturated carbocycles. The molecule has 0 aromatic heterocycles. The molecule has 0 fully saturated rings. The molecular formula is C28H30N2O2. The van der Waals surface area contributed by atoms with Gasteiger partial charge in [-0.25, -0.2) is 0 Å². The highest BCUT2D eigenvalue weighted by atomic mass is 16.3. The molecule has 0 saturated heterocycles. The van der Waals surface area contributed by atoms with E-state index in [0.29, 0.717) is 12.1 Å². The van der Waals surface area contributed by atoms with E-state index in [-0.39, 0.29) is 5.91 Å². The van der Waals surface area contributed by atoms with E-state index in [2.05, 4.69) is 41.3 Å². The molecule has 1 unspecified atom stereocenters. The minimum Gasteiger partial charge on any atom is -0.369 e. The van der Waals surface area contributed by atoms with Crippen LogP contribution >= 0.6 is 0 Å². The maximum atomic E-state index is 13.0. The van der Waals surface area contributed by atoms with Crippen molar-refractivity contribution in [2.45, 2.75) is 31.9 Å². The van der Waals surface area contributed by atoms with Gasteiger partial charge in [0.15, 0.2) is 6.23 Å². The third-order valence-electron chi connectivity index (χ3n) is 6.81. The summed E-state index contributed by atoms with van der Waals surface area (Å²) in [5.41, 5.74) is 4.34. The number of unbranched alkanes of at least 4 members (excludes halogenated alkanes) is 2. The molecule has 2 heterocycles. The van der Waals surface area contributed by atoms with Crippen molar-refractivity contribution in [1.29, 1.82) is 0 Å². The molecule has 0 spiro atoms. The lowest BCUT2D eigenvalue weighted by Crippen LogP contribution is -2.39. The van der Waals surface area contributed by atoms with Gasteiger partial charge in [0.2, 0.25) is 0 Å². The van der Waals surface area contributed by atoms with Crippen LogP contribution in [0.25, 0.3) is 16.3 Å². The Morgan fingerprint density at radius 2 is 1.66 bits per heavy atom. The summed E-state index contributed by atoms with van der Waals surface area (Å²) in [4.78, 5) is 17.2. The molecule has 0 radical (unpaired) electrons. The Morgan fingerprint density at radius 3 is 2.44 bits per heavy atom. The van der Waals surface area contributed by atoms with E-state index in [1.807, 2.05) is 36.4 Å². The molecule has 4 heteroatoms. The maximum Gasteiger partial charge on any atom is 0.256 e. The zero-order chi connectivity index (χ0) is 21.9. The van der Waals surface area contributed by atoms with Gasteiger partial charge in [0.1, 0.15) is 0 Å². The van der Waals surface area contributed by atoms with Crippen molar-refractivity contribution < 1.29 is 9.90 Å². The van der Waals surface area contributed by atoms with Crippen LogP contribution < -0.4 is 0 Å². The molecule has 1 amide bonds. The van der Waals surface area contributed by atoms with Crippen LogP contribution in [0.5, 0.6) is 0 Å². The lowest BCUT2D eigenvalue weighted by Gasteiger charge is -2.34. The van der Waals surface area contributed by atoms with Crippen molar-refractivity contribution in [3.63, 3.8) is 0 Å². The highest BCUT2D eigenvalue weighted by Gasteiger charge is 2.32. The Morgan fingerprint density at radius 1 is 0.875 bits per heavy atom. The predicted octanol–water partition coefficient (Wildman–Crippen LogP) is 5.25. The minimum absolute atomic E-state index is 0.0589. The smallest absolute Gasteiger partial charge is 0.256 e. The van der Waals surface area contributed by atoms with E-state index in [9.17, 15) is 9.90 Å². The fraction of sp³-hybridized carbons (Fsp3) is 0.321. The summed E-state index contributed by atoms with van der Waals surface area (Å²) >= 11 is 0. The first kappa shape index (κ1) is 20.9. The van der Waals surface area contributed by atoms with Gasteiger partial charge in [-0.3, -0.25) is 9.69 Å². The quantitative estimate of drug-likeness (QED) is 0.525. The first-order valence-corrected chi connectivity index (χ1v) is 11.7. The van der Waals surface area contributed by atoms with Crippen molar-refractivity contribution in [2.75, 3.05) is 26.2 Å². The first-order valence-electron chi connectivity index (χ1n) is 11.7. The number of aliphatic hydroxyl groups excluding tert-OH is 1.